The zero-order valence-electron chi connectivity index (χ0n) is 18.5. The van der Waals surface area contributed by atoms with Crippen molar-refractivity contribution in [3.63, 3.8) is 0 Å². The molecule has 2 N–H and O–H groups in total. The number of hydrogen-bond acceptors (Lipinski definition) is 7. The third-order valence-electron chi connectivity index (χ3n) is 5.51. The maximum Gasteiger partial charge on any atom is 0.219 e. The first kappa shape index (κ1) is 24.7. The molecule has 0 aliphatic carbocycles. The van der Waals surface area contributed by atoms with Gasteiger partial charge in [0.1, 0.15) is 18.3 Å². The largest absolute Gasteiger partial charge is 0.388 e. The molecule has 0 saturated carbocycles. The number of aliphatic hydroxyl groups excluding tert-OH is 2. The number of aromatic nitrogens is 1. The molecule has 8 nitrogen and oxygen atoms in total. The molecule has 8 heteroatoms. The van der Waals surface area contributed by atoms with Crippen LogP contribution in [0.25, 0.3) is 0 Å². The number of hydrogen-bond donors (Lipinski definition) is 2. The summed E-state index contributed by atoms with van der Waals surface area (Å²) < 4.78 is 10.9. The molecule has 2 heterocycles. The lowest BCUT2D eigenvalue weighted by Gasteiger charge is -2.31. The fourth-order valence-electron chi connectivity index (χ4n) is 3.61. The van der Waals surface area contributed by atoms with E-state index in [1.54, 1.807) is 4.90 Å². The molecule has 2 rings (SSSR count). The lowest BCUT2D eigenvalue weighted by Crippen LogP contribution is -2.48. The highest BCUT2D eigenvalue weighted by molar-refractivity contribution is 5.73. The molecule has 30 heavy (non-hydrogen) atoms. The van der Waals surface area contributed by atoms with Gasteiger partial charge in [0.2, 0.25) is 5.91 Å². The summed E-state index contributed by atoms with van der Waals surface area (Å²) in [5, 5.41) is 20.6. The number of ether oxygens (including phenoxy) is 2. The Morgan fingerprint density at radius 2 is 2.00 bits per heavy atom. The number of nitrogens with zero attached hydrogens (tertiary/aromatic N) is 3. The number of amides is 1. The summed E-state index contributed by atoms with van der Waals surface area (Å²) in [5.41, 5.74) is 2.17. The van der Waals surface area contributed by atoms with Gasteiger partial charge >= 0.3 is 0 Å². The van der Waals surface area contributed by atoms with E-state index >= 15 is 0 Å². The molecule has 0 bridgehead atoms. The Morgan fingerprint density at radius 3 is 2.67 bits per heavy atom. The number of carbonyl (C=O) groups is 1. The van der Waals surface area contributed by atoms with Gasteiger partial charge in [-0.05, 0) is 44.4 Å². The normalized spacial score (nSPS) is 26.0. The van der Waals surface area contributed by atoms with Gasteiger partial charge in [-0.2, -0.15) is 0 Å². The highest BCUT2D eigenvalue weighted by Crippen LogP contribution is 2.11. The highest BCUT2D eigenvalue weighted by atomic mass is 16.5. The Balaban J connectivity index is 2.05. The molecule has 0 radical (unpaired) electrons. The molecular weight excluding hydrogens is 386 g/mol. The van der Waals surface area contributed by atoms with Crippen LogP contribution in [0, 0.1) is 6.92 Å². The van der Waals surface area contributed by atoms with Gasteiger partial charge in [0.25, 0.3) is 0 Å². The molecule has 1 aromatic rings. The second-order valence-corrected chi connectivity index (χ2v) is 8.02. The highest BCUT2D eigenvalue weighted by Gasteiger charge is 2.29. The van der Waals surface area contributed by atoms with Crippen LogP contribution in [0.2, 0.25) is 0 Å². The summed E-state index contributed by atoms with van der Waals surface area (Å²) in [7, 11) is 1.48. The fourth-order valence-corrected chi connectivity index (χ4v) is 3.61. The SMILES string of the molecule is CO[C@H]1CN(C(C)=O)CCCN(Cc2ccc(C)nc2)CCCCOC[C@H](O)[C@@H]1O. The molecular formula is C22H37N3O5. The Kier molecular flexibility index (Phi) is 10.7. The Hall–Kier alpha value is -1.58. The molecule has 0 spiro atoms. The van der Waals surface area contributed by atoms with Crippen LogP contribution in [-0.2, 0) is 20.8 Å². The predicted octanol–water partition coefficient (Wildman–Crippen LogP) is 0.978. The molecule has 1 aliphatic heterocycles. The average Bonchev–Trinajstić information content (AvgIpc) is 2.73. The van der Waals surface area contributed by atoms with Crippen molar-refractivity contribution in [3.8, 4) is 0 Å². The second kappa shape index (κ2) is 13.0. The maximum absolute atomic E-state index is 12.1. The van der Waals surface area contributed by atoms with Crippen LogP contribution in [0.5, 0.6) is 0 Å². The molecule has 1 aromatic heterocycles. The predicted molar refractivity (Wildman–Crippen MR) is 114 cm³/mol. The molecule has 0 aromatic carbocycles. The van der Waals surface area contributed by atoms with Crippen molar-refractivity contribution in [1.82, 2.24) is 14.8 Å². The van der Waals surface area contributed by atoms with Crippen molar-refractivity contribution in [2.24, 2.45) is 0 Å². The van der Waals surface area contributed by atoms with Crippen molar-refractivity contribution in [1.29, 1.82) is 0 Å². The lowest BCUT2D eigenvalue weighted by atomic mass is 10.1. The van der Waals surface area contributed by atoms with Crippen LogP contribution in [0.3, 0.4) is 0 Å². The Morgan fingerprint density at radius 1 is 1.23 bits per heavy atom. The Labute approximate surface area is 179 Å². The van der Waals surface area contributed by atoms with Gasteiger partial charge < -0.3 is 24.6 Å². The van der Waals surface area contributed by atoms with Crippen molar-refractivity contribution >= 4 is 5.91 Å². The summed E-state index contributed by atoms with van der Waals surface area (Å²) in [6, 6.07) is 4.13. The van der Waals surface area contributed by atoms with Crippen molar-refractivity contribution in [2.45, 2.75) is 58.0 Å². The van der Waals surface area contributed by atoms with Crippen molar-refractivity contribution in [2.75, 3.05) is 46.5 Å². The quantitative estimate of drug-likeness (QED) is 0.748. The van der Waals surface area contributed by atoms with E-state index in [2.05, 4.69) is 16.0 Å². The molecule has 170 valence electrons. The van der Waals surface area contributed by atoms with E-state index in [0.717, 1.165) is 44.6 Å². The summed E-state index contributed by atoms with van der Waals surface area (Å²) in [4.78, 5) is 20.6. The van der Waals surface area contributed by atoms with Gasteiger partial charge in [-0.1, -0.05) is 6.07 Å². The van der Waals surface area contributed by atoms with Crippen LogP contribution in [0.4, 0.5) is 0 Å². The van der Waals surface area contributed by atoms with Crippen molar-refractivity contribution < 1.29 is 24.5 Å². The third kappa shape index (κ3) is 8.28. The second-order valence-electron chi connectivity index (χ2n) is 8.02. The average molecular weight is 424 g/mol. The number of carbonyl (C=O) groups excluding carboxylic acids is 1. The van der Waals surface area contributed by atoms with Gasteiger partial charge in [-0.3, -0.25) is 14.7 Å². The van der Waals surface area contributed by atoms with Gasteiger partial charge in [-0.25, -0.2) is 0 Å². The summed E-state index contributed by atoms with van der Waals surface area (Å²) >= 11 is 0. The topological polar surface area (TPSA) is 95.4 Å². The van der Waals surface area contributed by atoms with Gasteiger partial charge in [0.05, 0.1) is 6.61 Å². The van der Waals surface area contributed by atoms with E-state index in [1.165, 1.54) is 19.6 Å². The van der Waals surface area contributed by atoms with Crippen LogP contribution < -0.4 is 0 Å². The van der Waals surface area contributed by atoms with E-state index in [-0.39, 0.29) is 19.1 Å². The molecule has 3 atom stereocenters. The summed E-state index contributed by atoms with van der Waals surface area (Å²) in [5.74, 6) is -0.0754. The van der Waals surface area contributed by atoms with E-state index in [4.69, 9.17) is 9.47 Å². The summed E-state index contributed by atoms with van der Waals surface area (Å²) in [6.07, 6.45) is 1.72. The van der Waals surface area contributed by atoms with E-state index in [9.17, 15) is 15.0 Å². The fraction of sp³-hybridized carbons (Fsp3) is 0.727. The van der Waals surface area contributed by atoms with E-state index < -0.39 is 18.3 Å². The van der Waals surface area contributed by atoms with Gasteiger partial charge in [-0.15, -0.1) is 0 Å². The van der Waals surface area contributed by atoms with E-state index in [1.807, 2.05) is 19.2 Å². The standard InChI is InChI=1S/C22H37N3O5/c1-17-7-8-19(13-23-17)14-24-9-4-5-12-30-16-20(27)22(28)21(29-3)15-25(18(2)26)11-6-10-24/h7-8,13,20-22,27-28H,4-6,9-12,14-16H2,1-3H3/t20-,21-,22-/m0/s1. The number of aliphatic hydroxyl groups is 2. The first-order chi connectivity index (χ1) is 14.4. The summed E-state index contributed by atoms with van der Waals surface area (Å²) in [6.45, 7) is 7.44. The first-order valence-corrected chi connectivity index (χ1v) is 10.8. The molecule has 1 saturated heterocycles. The monoisotopic (exact) mass is 423 g/mol. The lowest BCUT2D eigenvalue weighted by molar-refractivity contribution is -0.136. The molecule has 0 unspecified atom stereocenters. The van der Waals surface area contributed by atoms with Crippen LogP contribution in [0.15, 0.2) is 18.3 Å². The Bertz CT molecular complexity index is 628. The van der Waals surface area contributed by atoms with Crippen LogP contribution in [-0.4, -0.2) is 95.7 Å². The van der Waals surface area contributed by atoms with E-state index in [0.29, 0.717) is 13.2 Å². The van der Waals surface area contributed by atoms with Crippen LogP contribution >= 0.6 is 0 Å². The minimum Gasteiger partial charge on any atom is -0.388 e. The van der Waals surface area contributed by atoms with Gasteiger partial charge in [0.15, 0.2) is 0 Å². The molecule has 1 aliphatic rings. The zero-order chi connectivity index (χ0) is 21.9. The van der Waals surface area contributed by atoms with Crippen LogP contribution in [0.1, 0.15) is 37.4 Å². The number of methoxy groups -OCH3 is 1. The molecule has 1 fully saturated rings. The minimum absolute atomic E-state index is 0.0415. The number of aryl methyl sites for hydroxylation is 1. The smallest absolute Gasteiger partial charge is 0.219 e. The van der Waals surface area contributed by atoms with Gasteiger partial charge in [0, 0.05) is 58.7 Å². The van der Waals surface area contributed by atoms with Crippen molar-refractivity contribution in [3.05, 3.63) is 29.6 Å². The molecule has 1 amide bonds. The minimum atomic E-state index is -1.12. The third-order valence-corrected chi connectivity index (χ3v) is 5.51. The first-order valence-electron chi connectivity index (χ1n) is 10.8. The number of pyridine rings is 1. The maximum atomic E-state index is 12.1. The zero-order valence-corrected chi connectivity index (χ0v) is 18.5. The number of rotatable bonds is 3.